The number of hydrogen-bond acceptors (Lipinski definition) is 5. The van der Waals surface area contributed by atoms with Crippen molar-refractivity contribution >= 4 is 38.6 Å². The molecule has 0 bridgehead atoms. The molecule has 0 radical (unpaired) electrons. The molecule has 0 saturated carbocycles. The van der Waals surface area contributed by atoms with Gasteiger partial charge in [0.1, 0.15) is 0 Å². The first kappa shape index (κ1) is 16.8. The molecule has 8 heteroatoms. The summed E-state index contributed by atoms with van der Waals surface area (Å²) in [5.41, 5.74) is 1.57. The van der Waals surface area contributed by atoms with Crippen molar-refractivity contribution in [2.75, 3.05) is 42.1 Å². The van der Waals surface area contributed by atoms with Gasteiger partial charge in [0.25, 0.3) is 5.91 Å². The van der Waals surface area contributed by atoms with E-state index in [-0.39, 0.29) is 5.91 Å². The van der Waals surface area contributed by atoms with Crippen LogP contribution in [0, 0.1) is 0 Å². The highest BCUT2D eigenvalue weighted by Gasteiger charge is 2.22. The van der Waals surface area contributed by atoms with Crippen LogP contribution in [0.3, 0.4) is 0 Å². The largest absolute Gasteiger partial charge is 0.368 e. The molecule has 1 aliphatic rings. The first-order chi connectivity index (χ1) is 11.4. The third-order valence-electron chi connectivity index (χ3n) is 3.83. The molecule has 0 aliphatic carbocycles. The van der Waals surface area contributed by atoms with Crippen LogP contribution >= 0.6 is 11.3 Å². The summed E-state index contributed by atoms with van der Waals surface area (Å²) in [4.78, 5) is 17.2. The zero-order valence-corrected chi connectivity index (χ0v) is 14.9. The van der Waals surface area contributed by atoms with E-state index in [1.165, 1.54) is 11.3 Å². The highest BCUT2D eigenvalue weighted by atomic mass is 32.2. The summed E-state index contributed by atoms with van der Waals surface area (Å²) >= 11 is 1.47. The Labute approximate surface area is 145 Å². The first-order valence-electron chi connectivity index (χ1n) is 7.58. The minimum absolute atomic E-state index is 0.0948. The Kier molecular flexibility index (Phi) is 4.77. The molecule has 1 aromatic carbocycles. The van der Waals surface area contributed by atoms with Crippen molar-refractivity contribution in [3.63, 3.8) is 0 Å². The Hall–Kier alpha value is -2.06. The van der Waals surface area contributed by atoms with Crippen LogP contribution in [-0.4, -0.2) is 51.7 Å². The molecule has 1 aliphatic heterocycles. The lowest BCUT2D eigenvalue weighted by Gasteiger charge is -2.36. The maximum atomic E-state index is 12.3. The number of carbonyl (C=O) groups excluding carboxylic acids is 1. The van der Waals surface area contributed by atoms with Gasteiger partial charge in [0.2, 0.25) is 10.0 Å². The number of sulfonamides is 1. The number of piperazine rings is 1. The zero-order chi connectivity index (χ0) is 17.2. The van der Waals surface area contributed by atoms with E-state index >= 15 is 0 Å². The van der Waals surface area contributed by atoms with Crippen molar-refractivity contribution in [2.24, 2.45) is 0 Å². The van der Waals surface area contributed by atoms with Gasteiger partial charge in [-0.25, -0.2) is 8.42 Å². The Morgan fingerprint density at radius 2 is 1.75 bits per heavy atom. The molecule has 1 aromatic heterocycles. The van der Waals surface area contributed by atoms with Crippen molar-refractivity contribution in [3.8, 4) is 0 Å². The van der Waals surface area contributed by atoms with Gasteiger partial charge < -0.3 is 9.80 Å². The van der Waals surface area contributed by atoms with Crippen LogP contribution < -0.4 is 9.62 Å². The lowest BCUT2D eigenvalue weighted by Crippen LogP contribution is -2.48. The fourth-order valence-corrected chi connectivity index (χ4v) is 3.93. The van der Waals surface area contributed by atoms with Crippen LogP contribution in [0.2, 0.25) is 0 Å². The third kappa shape index (κ3) is 4.07. The number of anilines is 2. The van der Waals surface area contributed by atoms with E-state index in [0.29, 0.717) is 18.8 Å². The van der Waals surface area contributed by atoms with E-state index < -0.39 is 10.0 Å². The van der Waals surface area contributed by atoms with Gasteiger partial charge in [0, 0.05) is 37.6 Å². The molecule has 2 aromatic rings. The minimum Gasteiger partial charge on any atom is -0.368 e. The molecular weight excluding hydrogens is 346 g/mol. The third-order valence-corrected chi connectivity index (χ3v) is 5.30. The number of thiophene rings is 1. The first-order valence-corrected chi connectivity index (χ1v) is 10.3. The fourth-order valence-electron chi connectivity index (χ4n) is 2.68. The van der Waals surface area contributed by atoms with E-state index in [9.17, 15) is 13.2 Å². The van der Waals surface area contributed by atoms with Crippen molar-refractivity contribution < 1.29 is 13.2 Å². The molecule has 2 heterocycles. The molecule has 0 unspecified atom stereocenters. The van der Waals surface area contributed by atoms with Crippen molar-refractivity contribution in [1.29, 1.82) is 0 Å². The van der Waals surface area contributed by atoms with Crippen LogP contribution in [0.25, 0.3) is 0 Å². The van der Waals surface area contributed by atoms with Gasteiger partial charge in [-0.3, -0.25) is 9.52 Å². The summed E-state index contributed by atoms with van der Waals surface area (Å²) < 4.78 is 24.9. The van der Waals surface area contributed by atoms with Gasteiger partial charge in [-0.1, -0.05) is 6.07 Å². The van der Waals surface area contributed by atoms with Crippen LogP contribution in [0.1, 0.15) is 9.67 Å². The Morgan fingerprint density at radius 3 is 2.29 bits per heavy atom. The monoisotopic (exact) mass is 365 g/mol. The average Bonchev–Trinajstić information content (AvgIpc) is 3.08. The summed E-state index contributed by atoms with van der Waals surface area (Å²) in [6, 6.07) is 11.0. The number of carbonyl (C=O) groups is 1. The second-order valence-corrected chi connectivity index (χ2v) is 8.37. The number of hydrogen-bond donors (Lipinski definition) is 1. The molecule has 1 N–H and O–H groups in total. The number of benzene rings is 1. The number of amides is 1. The molecular formula is C16H19N3O3S2. The van der Waals surface area contributed by atoms with Gasteiger partial charge in [0.05, 0.1) is 11.1 Å². The molecule has 1 saturated heterocycles. The molecule has 6 nitrogen and oxygen atoms in total. The molecule has 1 amide bonds. The van der Waals surface area contributed by atoms with E-state index in [4.69, 9.17) is 0 Å². The van der Waals surface area contributed by atoms with Crippen LogP contribution in [-0.2, 0) is 10.0 Å². The summed E-state index contributed by atoms with van der Waals surface area (Å²) in [6.07, 6.45) is 1.13. The molecule has 24 heavy (non-hydrogen) atoms. The highest BCUT2D eigenvalue weighted by Crippen LogP contribution is 2.21. The quantitative estimate of drug-likeness (QED) is 0.901. The normalized spacial score (nSPS) is 15.4. The SMILES string of the molecule is CS(=O)(=O)Nc1ccc(N2CCN(C(=O)c3cccs3)CC2)cc1. The standard InChI is InChI=1S/C16H19N3O3S2/c1-24(21,22)17-13-4-6-14(7-5-13)18-8-10-19(11-9-18)16(20)15-3-2-12-23-15/h2-7,12,17H,8-11H2,1H3. The van der Waals surface area contributed by atoms with E-state index in [1.54, 1.807) is 12.1 Å². The van der Waals surface area contributed by atoms with Gasteiger partial charge in [-0.05, 0) is 35.7 Å². The minimum atomic E-state index is -3.26. The number of rotatable bonds is 4. The summed E-state index contributed by atoms with van der Waals surface area (Å²) in [5.74, 6) is 0.0948. The predicted molar refractivity (Wildman–Crippen MR) is 97.3 cm³/mol. The average molecular weight is 365 g/mol. The summed E-state index contributed by atoms with van der Waals surface area (Å²) in [6.45, 7) is 2.88. The predicted octanol–water partition coefficient (Wildman–Crippen LogP) is 2.08. The smallest absolute Gasteiger partial charge is 0.264 e. The number of nitrogens with zero attached hydrogens (tertiary/aromatic N) is 2. The maximum absolute atomic E-state index is 12.3. The molecule has 0 atom stereocenters. The van der Waals surface area contributed by atoms with E-state index in [1.807, 2.05) is 34.5 Å². The lowest BCUT2D eigenvalue weighted by atomic mass is 10.2. The molecule has 0 spiro atoms. The molecule has 1 fully saturated rings. The lowest BCUT2D eigenvalue weighted by molar-refractivity contribution is 0.0751. The fraction of sp³-hybridized carbons (Fsp3) is 0.312. The summed E-state index contributed by atoms with van der Waals surface area (Å²) in [5, 5.41) is 1.91. The second-order valence-electron chi connectivity index (χ2n) is 5.68. The molecule has 3 rings (SSSR count). The van der Waals surface area contributed by atoms with E-state index in [0.717, 1.165) is 29.9 Å². The van der Waals surface area contributed by atoms with Crippen LogP contribution in [0.4, 0.5) is 11.4 Å². The van der Waals surface area contributed by atoms with Crippen LogP contribution in [0.5, 0.6) is 0 Å². The van der Waals surface area contributed by atoms with Gasteiger partial charge >= 0.3 is 0 Å². The van der Waals surface area contributed by atoms with Gasteiger partial charge in [0.15, 0.2) is 0 Å². The Balaban J connectivity index is 1.59. The van der Waals surface area contributed by atoms with Gasteiger partial charge in [-0.2, -0.15) is 0 Å². The summed E-state index contributed by atoms with van der Waals surface area (Å²) in [7, 11) is -3.26. The van der Waals surface area contributed by atoms with Crippen molar-refractivity contribution in [2.45, 2.75) is 0 Å². The van der Waals surface area contributed by atoms with Crippen LogP contribution in [0.15, 0.2) is 41.8 Å². The van der Waals surface area contributed by atoms with Crippen molar-refractivity contribution in [3.05, 3.63) is 46.7 Å². The zero-order valence-electron chi connectivity index (χ0n) is 13.3. The maximum Gasteiger partial charge on any atom is 0.264 e. The second kappa shape index (κ2) is 6.82. The van der Waals surface area contributed by atoms with Crippen molar-refractivity contribution in [1.82, 2.24) is 4.90 Å². The number of nitrogens with one attached hydrogen (secondary N) is 1. The highest BCUT2D eigenvalue weighted by molar-refractivity contribution is 7.92. The van der Waals surface area contributed by atoms with E-state index in [2.05, 4.69) is 9.62 Å². The molecule has 128 valence electrons. The topological polar surface area (TPSA) is 69.7 Å². The van der Waals surface area contributed by atoms with Gasteiger partial charge in [-0.15, -0.1) is 11.3 Å². The Bertz CT molecular complexity index is 794. The Morgan fingerprint density at radius 1 is 1.08 bits per heavy atom.